The molecular weight excluding hydrogens is 440 g/mol. The van der Waals surface area contributed by atoms with Crippen LogP contribution in [0.3, 0.4) is 0 Å². The molecule has 1 heterocycles. The molecule has 1 aromatic heterocycles. The highest BCUT2D eigenvalue weighted by Crippen LogP contribution is 2.33. The summed E-state index contributed by atoms with van der Waals surface area (Å²) < 4.78 is 11.0. The zero-order valence-electron chi connectivity index (χ0n) is 19.1. The number of nitrogens with zero attached hydrogens (tertiary/aromatic N) is 4. The molecule has 33 heavy (non-hydrogen) atoms. The molecule has 0 aliphatic rings. The number of ether oxygens (including phenoxy) is 1. The third-order valence-corrected chi connectivity index (χ3v) is 5.27. The van der Waals surface area contributed by atoms with Crippen LogP contribution in [0.2, 0.25) is 0 Å². The van der Waals surface area contributed by atoms with Crippen LogP contribution >= 0.6 is 11.6 Å². The average Bonchev–Trinajstić information content (AvgIpc) is 3.23. The smallest absolute Gasteiger partial charge is 0.216 e. The lowest BCUT2D eigenvalue weighted by Gasteiger charge is -2.16. The van der Waals surface area contributed by atoms with E-state index in [1.54, 1.807) is 14.0 Å². The molecular formula is C25H25ClN4O3. The van der Waals surface area contributed by atoms with Crippen LogP contribution in [0.1, 0.15) is 46.9 Å². The van der Waals surface area contributed by atoms with E-state index in [4.69, 9.17) is 32.2 Å². The fraction of sp³-hybridized carbons (Fsp3) is 0.280. The summed E-state index contributed by atoms with van der Waals surface area (Å²) in [6.45, 7) is 11.0. The van der Waals surface area contributed by atoms with E-state index in [0.29, 0.717) is 35.2 Å². The van der Waals surface area contributed by atoms with E-state index in [-0.39, 0.29) is 5.17 Å². The quantitative estimate of drug-likeness (QED) is 0.162. The largest absolute Gasteiger partial charge is 0.496 e. The Kier molecular flexibility index (Phi) is 8.22. The SMILES string of the molecule is [C-]#[N+]c1ccc(/C(=C/CCCc2nnc(C)o2)c2cc(C)c(OC)c(/C(Cl)=N/OC)c2)cc1. The van der Waals surface area contributed by atoms with Gasteiger partial charge in [0.25, 0.3) is 0 Å². The zero-order chi connectivity index (χ0) is 23.8. The number of allylic oxidation sites excluding steroid dienone is 1. The Bertz CT molecular complexity index is 1210. The Morgan fingerprint density at radius 3 is 2.52 bits per heavy atom. The Morgan fingerprint density at radius 2 is 1.91 bits per heavy atom. The number of halogens is 1. The fourth-order valence-electron chi connectivity index (χ4n) is 3.54. The lowest BCUT2D eigenvalue weighted by atomic mass is 9.93. The van der Waals surface area contributed by atoms with Gasteiger partial charge in [0, 0.05) is 13.3 Å². The van der Waals surface area contributed by atoms with Crippen LogP contribution in [-0.2, 0) is 11.3 Å². The van der Waals surface area contributed by atoms with E-state index in [2.05, 4.69) is 32.3 Å². The highest BCUT2D eigenvalue weighted by molar-refractivity contribution is 6.69. The van der Waals surface area contributed by atoms with Gasteiger partial charge in [0.05, 0.1) is 19.2 Å². The van der Waals surface area contributed by atoms with Crippen molar-refractivity contribution in [3.8, 4) is 5.75 Å². The Labute approximate surface area is 198 Å². The Balaban J connectivity index is 2.00. The van der Waals surface area contributed by atoms with E-state index < -0.39 is 0 Å². The monoisotopic (exact) mass is 464 g/mol. The average molecular weight is 465 g/mol. The summed E-state index contributed by atoms with van der Waals surface area (Å²) in [6, 6.07) is 11.5. The first-order valence-corrected chi connectivity index (χ1v) is 10.8. The lowest BCUT2D eigenvalue weighted by Crippen LogP contribution is -2.02. The van der Waals surface area contributed by atoms with Crippen molar-refractivity contribution in [2.45, 2.75) is 33.1 Å². The predicted octanol–water partition coefficient (Wildman–Crippen LogP) is 6.25. The minimum absolute atomic E-state index is 0.203. The first-order valence-electron chi connectivity index (χ1n) is 10.4. The maximum Gasteiger partial charge on any atom is 0.216 e. The Morgan fingerprint density at radius 1 is 1.15 bits per heavy atom. The summed E-state index contributed by atoms with van der Waals surface area (Å²) in [5.41, 5.74) is 5.11. The molecule has 0 radical (unpaired) electrons. The summed E-state index contributed by atoms with van der Waals surface area (Å²) in [4.78, 5) is 8.36. The number of unbranched alkanes of at least 4 members (excludes halogenated alkanes) is 1. The fourth-order valence-corrected chi connectivity index (χ4v) is 3.75. The van der Waals surface area contributed by atoms with Crippen LogP contribution < -0.4 is 4.74 Å². The first kappa shape index (κ1) is 24.0. The molecule has 3 aromatic rings. The zero-order valence-corrected chi connectivity index (χ0v) is 19.8. The van der Waals surface area contributed by atoms with Crippen LogP contribution in [0.15, 0.2) is 52.0 Å². The van der Waals surface area contributed by atoms with Gasteiger partial charge < -0.3 is 14.0 Å². The molecule has 3 rings (SSSR count). The summed E-state index contributed by atoms with van der Waals surface area (Å²) in [7, 11) is 3.04. The second-order valence-electron chi connectivity index (χ2n) is 7.32. The van der Waals surface area contributed by atoms with Crippen LogP contribution in [-0.4, -0.2) is 29.6 Å². The maximum atomic E-state index is 7.23. The molecule has 8 heteroatoms. The first-order chi connectivity index (χ1) is 16.0. The van der Waals surface area contributed by atoms with Crippen molar-refractivity contribution in [3.05, 3.63) is 87.9 Å². The second kappa shape index (κ2) is 11.3. The van der Waals surface area contributed by atoms with Gasteiger partial charge in [-0.25, -0.2) is 4.85 Å². The van der Waals surface area contributed by atoms with Crippen molar-refractivity contribution in [2.24, 2.45) is 5.16 Å². The van der Waals surface area contributed by atoms with Crippen LogP contribution in [0, 0.1) is 20.4 Å². The molecule has 0 saturated carbocycles. The molecule has 0 N–H and O–H groups in total. The molecule has 0 aliphatic carbocycles. The predicted molar refractivity (Wildman–Crippen MR) is 129 cm³/mol. The molecule has 7 nitrogen and oxygen atoms in total. The number of hydrogen-bond donors (Lipinski definition) is 0. The van der Waals surface area contributed by atoms with E-state index in [1.165, 1.54) is 7.11 Å². The number of aryl methyl sites for hydroxylation is 3. The topological polar surface area (TPSA) is 74.1 Å². The summed E-state index contributed by atoms with van der Waals surface area (Å²) in [6.07, 6.45) is 4.50. The van der Waals surface area contributed by atoms with Gasteiger partial charge >= 0.3 is 0 Å². The molecule has 0 bridgehead atoms. The minimum atomic E-state index is 0.203. The van der Waals surface area contributed by atoms with Crippen LogP contribution in [0.5, 0.6) is 5.75 Å². The Hall–Kier alpha value is -3.63. The van der Waals surface area contributed by atoms with Gasteiger partial charge in [0.15, 0.2) is 10.9 Å². The van der Waals surface area contributed by atoms with Gasteiger partial charge in [-0.1, -0.05) is 47.1 Å². The molecule has 0 aliphatic heterocycles. The van der Waals surface area contributed by atoms with Gasteiger partial charge in [0.2, 0.25) is 11.8 Å². The number of hydrogen-bond acceptors (Lipinski definition) is 6. The molecule has 0 unspecified atom stereocenters. The van der Waals surface area contributed by atoms with Gasteiger partial charge in [-0.15, -0.1) is 10.2 Å². The minimum Gasteiger partial charge on any atom is -0.496 e. The number of benzene rings is 2. The molecule has 0 atom stereocenters. The normalized spacial score (nSPS) is 11.9. The maximum absolute atomic E-state index is 7.23. The van der Waals surface area contributed by atoms with E-state index in [9.17, 15) is 0 Å². The van der Waals surface area contributed by atoms with Crippen molar-refractivity contribution in [2.75, 3.05) is 14.2 Å². The van der Waals surface area contributed by atoms with E-state index in [0.717, 1.165) is 35.1 Å². The summed E-state index contributed by atoms with van der Waals surface area (Å²) >= 11 is 6.39. The summed E-state index contributed by atoms with van der Waals surface area (Å²) in [5, 5.41) is 12.0. The van der Waals surface area contributed by atoms with Gasteiger partial charge in [-0.3, -0.25) is 0 Å². The molecule has 0 saturated heterocycles. The van der Waals surface area contributed by atoms with E-state index in [1.807, 2.05) is 37.3 Å². The van der Waals surface area contributed by atoms with Gasteiger partial charge in [-0.05, 0) is 54.2 Å². The highest BCUT2D eigenvalue weighted by Gasteiger charge is 2.16. The third kappa shape index (κ3) is 5.99. The number of methoxy groups -OCH3 is 1. The molecule has 0 amide bonds. The molecule has 0 fully saturated rings. The molecule has 0 spiro atoms. The van der Waals surface area contributed by atoms with Crippen molar-refractivity contribution in [1.82, 2.24) is 10.2 Å². The number of rotatable bonds is 9. The molecule has 170 valence electrons. The highest BCUT2D eigenvalue weighted by atomic mass is 35.5. The molecule has 2 aromatic carbocycles. The second-order valence-corrected chi connectivity index (χ2v) is 7.68. The number of oxime groups is 1. The number of aromatic nitrogens is 2. The van der Waals surface area contributed by atoms with Crippen molar-refractivity contribution in [3.63, 3.8) is 0 Å². The van der Waals surface area contributed by atoms with E-state index >= 15 is 0 Å². The van der Waals surface area contributed by atoms with Crippen LogP contribution in [0.4, 0.5) is 5.69 Å². The lowest BCUT2D eigenvalue weighted by molar-refractivity contribution is 0.214. The summed E-state index contributed by atoms with van der Waals surface area (Å²) in [5.74, 6) is 1.84. The van der Waals surface area contributed by atoms with Gasteiger partial charge in [0.1, 0.15) is 12.9 Å². The van der Waals surface area contributed by atoms with Crippen LogP contribution in [0.25, 0.3) is 10.4 Å². The van der Waals surface area contributed by atoms with Crippen molar-refractivity contribution in [1.29, 1.82) is 0 Å². The van der Waals surface area contributed by atoms with Gasteiger partial charge in [-0.2, -0.15) is 0 Å². The van der Waals surface area contributed by atoms with Crippen molar-refractivity contribution < 1.29 is 14.0 Å². The van der Waals surface area contributed by atoms with Crippen molar-refractivity contribution >= 4 is 28.0 Å². The third-order valence-electron chi connectivity index (χ3n) is 5.00. The standard InChI is InChI=1S/C25H25ClN4O3/c1-16-14-19(15-22(24(16)31-4)25(26)30-32-5)21(18-10-12-20(27-3)13-11-18)8-6-7-9-23-29-28-17(2)33-23/h8,10-15H,6-7,9H2,1-2,4-5H3/b21-8-,30-25-.